The molecule has 0 aliphatic carbocycles. The van der Waals surface area contributed by atoms with E-state index in [1.807, 2.05) is 44.4 Å². The van der Waals surface area contributed by atoms with E-state index in [0.717, 1.165) is 36.3 Å². The molecule has 2 amide bonds. The predicted molar refractivity (Wildman–Crippen MR) is 140 cm³/mol. The van der Waals surface area contributed by atoms with Gasteiger partial charge in [0.2, 0.25) is 0 Å². The van der Waals surface area contributed by atoms with Crippen molar-refractivity contribution >= 4 is 17.5 Å². The van der Waals surface area contributed by atoms with Crippen LogP contribution in [0, 0.1) is 0 Å². The zero-order chi connectivity index (χ0) is 24.6. The Morgan fingerprint density at radius 3 is 2.23 bits per heavy atom. The Kier molecular flexibility index (Phi) is 8.16. The van der Waals surface area contributed by atoms with Crippen LogP contribution in [0.5, 0.6) is 0 Å². The van der Waals surface area contributed by atoms with Crippen molar-refractivity contribution in [1.82, 2.24) is 15.5 Å². The number of nitrogens with one attached hydrogen (secondary N) is 2. The lowest BCUT2D eigenvalue weighted by atomic mass is 9.96. The van der Waals surface area contributed by atoms with Crippen molar-refractivity contribution in [2.75, 3.05) is 38.6 Å². The summed E-state index contributed by atoms with van der Waals surface area (Å²) in [4.78, 5) is 29.5. The highest BCUT2D eigenvalue weighted by Crippen LogP contribution is 2.28. The van der Waals surface area contributed by atoms with Gasteiger partial charge < -0.3 is 15.5 Å². The molecule has 6 heteroatoms. The molecule has 1 aliphatic rings. The second-order valence-corrected chi connectivity index (χ2v) is 9.19. The van der Waals surface area contributed by atoms with E-state index in [4.69, 9.17) is 0 Å². The maximum Gasteiger partial charge on any atom is 0.309 e. The third-order valence-electron chi connectivity index (χ3n) is 6.60. The number of hydrogen-bond donors (Lipinski definition) is 2. The van der Waals surface area contributed by atoms with E-state index < -0.39 is 11.8 Å². The molecule has 0 fully saturated rings. The Labute approximate surface area is 207 Å². The van der Waals surface area contributed by atoms with Gasteiger partial charge in [-0.1, -0.05) is 66.7 Å². The summed E-state index contributed by atoms with van der Waals surface area (Å²) in [5, 5.41) is 5.62. The van der Waals surface area contributed by atoms with Crippen molar-refractivity contribution in [3.05, 3.63) is 101 Å². The summed E-state index contributed by atoms with van der Waals surface area (Å²) in [6, 6.07) is 26.8. The molecule has 1 unspecified atom stereocenters. The van der Waals surface area contributed by atoms with Crippen LogP contribution < -0.4 is 15.5 Å². The number of carbonyl (C=O) groups is 2. The summed E-state index contributed by atoms with van der Waals surface area (Å²) >= 11 is 0. The van der Waals surface area contributed by atoms with E-state index in [2.05, 4.69) is 69.0 Å². The van der Waals surface area contributed by atoms with E-state index in [1.54, 1.807) is 0 Å². The maximum atomic E-state index is 12.6. The van der Waals surface area contributed by atoms with Crippen LogP contribution in [0.25, 0.3) is 0 Å². The quantitative estimate of drug-likeness (QED) is 0.496. The minimum Gasteiger partial charge on any atom is -0.378 e. The van der Waals surface area contributed by atoms with Crippen LogP contribution in [0.4, 0.5) is 5.69 Å². The number of nitrogens with zero attached hydrogens (tertiary/aromatic N) is 2. The van der Waals surface area contributed by atoms with Crippen molar-refractivity contribution in [2.45, 2.75) is 25.4 Å². The van der Waals surface area contributed by atoms with E-state index in [1.165, 1.54) is 11.1 Å². The number of hydrogen-bond acceptors (Lipinski definition) is 4. The fourth-order valence-corrected chi connectivity index (χ4v) is 4.55. The molecule has 0 saturated carbocycles. The van der Waals surface area contributed by atoms with Crippen LogP contribution in [0.1, 0.15) is 28.3 Å². The molecule has 6 nitrogen and oxygen atoms in total. The molecule has 4 rings (SSSR count). The molecule has 0 saturated heterocycles. The second kappa shape index (κ2) is 11.7. The Hall–Kier alpha value is -3.64. The van der Waals surface area contributed by atoms with Gasteiger partial charge in [-0.25, -0.2) is 0 Å². The third-order valence-corrected chi connectivity index (χ3v) is 6.60. The first-order valence-corrected chi connectivity index (χ1v) is 12.2. The van der Waals surface area contributed by atoms with E-state index >= 15 is 0 Å². The number of benzene rings is 3. The van der Waals surface area contributed by atoms with Crippen LogP contribution in [-0.2, 0) is 29.0 Å². The normalized spacial score (nSPS) is 14.0. The van der Waals surface area contributed by atoms with Gasteiger partial charge in [-0.3, -0.25) is 14.5 Å². The summed E-state index contributed by atoms with van der Waals surface area (Å²) in [6.45, 7) is 2.51. The minimum atomic E-state index is -0.592. The third kappa shape index (κ3) is 6.49. The highest BCUT2D eigenvalue weighted by atomic mass is 16.2. The monoisotopic (exact) mass is 470 g/mol. The molecular weight excluding hydrogens is 436 g/mol. The lowest BCUT2D eigenvalue weighted by molar-refractivity contribution is -0.139. The zero-order valence-corrected chi connectivity index (χ0v) is 20.5. The molecule has 35 heavy (non-hydrogen) atoms. The highest BCUT2D eigenvalue weighted by molar-refractivity contribution is 6.35. The van der Waals surface area contributed by atoms with Crippen molar-refractivity contribution in [1.29, 1.82) is 0 Å². The van der Waals surface area contributed by atoms with Gasteiger partial charge in [-0.15, -0.1) is 0 Å². The number of rotatable bonds is 8. The van der Waals surface area contributed by atoms with Crippen molar-refractivity contribution in [3.8, 4) is 0 Å². The van der Waals surface area contributed by atoms with Gasteiger partial charge in [-0.05, 0) is 47.2 Å². The van der Waals surface area contributed by atoms with Gasteiger partial charge in [0.05, 0.1) is 6.04 Å². The molecule has 0 bridgehead atoms. The zero-order valence-electron chi connectivity index (χ0n) is 20.5. The van der Waals surface area contributed by atoms with Crippen LogP contribution in [0.15, 0.2) is 78.9 Å². The van der Waals surface area contributed by atoms with E-state index in [9.17, 15) is 9.59 Å². The fourth-order valence-electron chi connectivity index (χ4n) is 4.55. The molecule has 0 aromatic heterocycles. The standard InChI is InChI=1S/C29H34N4O2/c1-32(2)26-14-12-24(13-15-26)27(33-19-17-23-10-6-7-11-25(23)21-33)20-31-29(35)28(34)30-18-16-22-8-4-3-5-9-22/h3-15,27H,16-21H2,1-2H3,(H,30,34)(H,31,35). The van der Waals surface area contributed by atoms with Crippen LogP contribution in [0.2, 0.25) is 0 Å². The average Bonchev–Trinajstić information content (AvgIpc) is 2.89. The Bertz CT molecular complexity index is 1130. The molecule has 182 valence electrons. The SMILES string of the molecule is CN(C)c1ccc(C(CNC(=O)C(=O)NCCc2ccccc2)N2CCc3ccccc3C2)cc1. The second-order valence-electron chi connectivity index (χ2n) is 9.19. The minimum absolute atomic E-state index is 0.0272. The van der Waals surface area contributed by atoms with Crippen molar-refractivity contribution in [3.63, 3.8) is 0 Å². The van der Waals surface area contributed by atoms with Crippen LogP contribution in [-0.4, -0.2) is 50.4 Å². The summed E-state index contributed by atoms with van der Waals surface area (Å²) in [5.41, 5.74) is 6.07. The lowest BCUT2D eigenvalue weighted by Crippen LogP contribution is -2.45. The van der Waals surface area contributed by atoms with Gasteiger partial charge in [0.15, 0.2) is 0 Å². The summed E-state index contributed by atoms with van der Waals surface area (Å²) < 4.78 is 0. The number of anilines is 1. The topological polar surface area (TPSA) is 64.7 Å². The summed E-state index contributed by atoms with van der Waals surface area (Å²) in [6.07, 6.45) is 1.66. The van der Waals surface area contributed by atoms with Crippen molar-refractivity contribution in [2.24, 2.45) is 0 Å². The molecule has 0 spiro atoms. The first kappa shape index (κ1) is 24.5. The fraction of sp³-hybridized carbons (Fsp3) is 0.310. The number of fused-ring (bicyclic) bond motifs is 1. The molecule has 0 radical (unpaired) electrons. The van der Waals surface area contributed by atoms with Crippen LogP contribution >= 0.6 is 0 Å². The summed E-state index contributed by atoms with van der Waals surface area (Å²) in [7, 11) is 4.04. The van der Waals surface area contributed by atoms with Gasteiger partial charge in [-0.2, -0.15) is 0 Å². The Morgan fingerprint density at radius 1 is 0.857 bits per heavy atom. The van der Waals surface area contributed by atoms with Gasteiger partial charge in [0.25, 0.3) is 0 Å². The first-order chi connectivity index (χ1) is 17.0. The lowest BCUT2D eigenvalue weighted by Gasteiger charge is -2.36. The number of amides is 2. The molecule has 1 aliphatic heterocycles. The van der Waals surface area contributed by atoms with Gasteiger partial charge in [0.1, 0.15) is 0 Å². The molecular formula is C29H34N4O2. The predicted octanol–water partition coefficient (Wildman–Crippen LogP) is 3.33. The molecule has 2 N–H and O–H groups in total. The maximum absolute atomic E-state index is 12.6. The van der Waals surface area contributed by atoms with Crippen LogP contribution in [0.3, 0.4) is 0 Å². The number of carbonyl (C=O) groups excluding carboxylic acids is 2. The van der Waals surface area contributed by atoms with Gasteiger partial charge in [0, 0.05) is 46.0 Å². The highest BCUT2D eigenvalue weighted by Gasteiger charge is 2.26. The Balaban J connectivity index is 1.40. The van der Waals surface area contributed by atoms with Gasteiger partial charge >= 0.3 is 11.8 Å². The van der Waals surface area contributed by atoms with E-state index in [-0.39, 0.29) is 6.04 Å². The smallest absolute Gasteiger partial charge is 0.309 e. The summed E-state index contributed by atoms with van der Waals surface area (Å²) in [5.74, 6) is -1.18. The Morgan fingerprint density at radius 2 is 1.51 bits per heavy atom. The molecule has 3 aromatic rings. The van der Waals surface area contributed by atoms with Crippen molar-refractivity contribution < 1.29 is 9.59 Å². The van der Waals surface area contributed by atoms with E-state index in [0.29, 0.717) is 19.5 Å². The average molecular weight is 471 g/mol. The largest absolute Gasteiger partial charge is 0.378 e. The molecule has 1 atom stereocenters. The first-order valence-electron chi connectivity index (χ1n) is 12.2. The molecule has 3 aromatic carbocycles. The molecule has 1 heterocycles.